The molecule has 15 heavy (non-hydrogen) atoms. The highest BCUT2D eigenvalue weighted by Crippen LogP contribution is 2.17. The zero-order chi connectivity index (χ0) is 10.5. The van der Waals surface area contributed by atoms with Crippen LogP contribution in [0.2, 0.25) is 0 Å². The molecular formula is C11H21NO3. The summed E-state index contributed by atoms with van der Waals surface area (Å²) in [6.07, 6.45) is 3.45. The molecule has 0 bridgehead atoms. The summed E-state index contributed by atoms with van der Waals surface area (Å²) in [7, 11) is 0. The van der Waals surface area contributed by atoms with Gasteiger partial charge in [0.1, 0.15) is 0 Å². The van der Waals surface area contributed by atoms with Gasteiger partial charge in [-0.3, -0.25) is 0 Å². The predicted octanol–water partition coefficient (Wildman–Crippen LogP) is 0.546. The topological polar surface area (TPSA) is 53.7 Å². The van der Waals surface area contributed by atoms with Gasteiger partial charge in [-0.25, -0.2) is 0 Å². The molecule has 4 heteroatoms. The van der Waals surface area contributed by atoms with E-state index >= 15 is 0 Å². The number of rotatable bonds is 4. The van der Waals surface area contributed by atoms with E-state index in [1.54, 1.807) is 0 Å². The van der Waals surface area contributed by atoms with E-state index < -0.39 is 0 Å². The Hall–Kier alpha value is -0.160. The monoisotopic (exact) mass is 215 g/mol. The predicted molar refractivity (Wildman–Crippen MR) is 56.7 cm³/mol. The average molecular weight is 215 g/mol. The number of ether oxygens (including phenoxy) is 3. The van der Waals surface area contributed by atoms with Crippen molar-refractivity contribution in [1.82, 2.24) is 0 Å². The highest BCUT2D eigenvalue weighted by Gasteiger charge is 2.24. The molecule has 2 rings (SSSR count). The van der Waals surface area contributed by atoms with Gasteiger partial charge in [0.2, 0.25) is 0 Å². The van der Waals surface area contributed by atoms with Crippen molar-refractivity contribution in [3.63, 3.8) is 0 Å². The molecule has 2 fully saturated rings. The minimum absolute atomic E-state index is 0.135. The number of hydrogen-bond acceptors (Lipinski definition) is 4. The van der Waals surface area contributed by atoms with E-state index in [0.29, 0.717) is 18.6 Å². The minimum atomic E-state index is 0.135. The largest absolute Gasteiger partial charge is 0.381 e. The van der Waals surface area contributed by atoms with Gasteiger partial charge in [-0.2, -0.15) is 0 Å². The van der Waals surface area contributed by atoms with Crippen LogP contribution in [0.5, 0.6) is 0 Å². The van der Waals surface area contributed by atoms with E-state index in [4.69, 9.17) is 19.9 Å². The molecule has 0 aromatic carbocycles. The molecule has 0 saturated carbocycles. The Bertz CT molecular complexity index is 177. The van der Waals surface area contributed by atoms with Crippen molar-refractivity contribution >= 4 is 0 Å². The lowest BCUT2D eigenvalue weighted by molar-refractivity contribution is -0.0394. The van der Waals surface area contributed by atoms with Crippen molar-refractivity contribution in [1.29, 1.82) is 0 Å². The fraction of sp³-hybridized carbons (Fsp3) is 1.00. The van der Waals surface area contributed by atoms with Gasteiger partial charge < -0.3 is 19.9 Å². The Labute approximate surface area is 91.1 Å². The third-order valence-corrected chi connectivity index (χ3v) is 3.26. The van der Waals surface area contributed by atoms with Crippen molar-refractivity contribution < 1.29 is 14.2 Å². The van der Waals surface area contributed by atoms with Gasteiger partial charge in [0, 0.05) is 31.8 Å². The molecule has 2 unspecified atom stereocenters. The van der Waals surface area contributed by atoms with Gasteiger partial charge in [-0.15, -0.1) is 0 Å². The number of nitrogens with two attached hydrogens (primary N) is 1. The van der Waals surface area contributed by atoms with Crippen LogP contribution in [0.15, 0.2) is 0 Å². The molecule has 0 aliphatic carbocycles. The summed E-state index contributed by atoms with van der Waals surface area (Å²) < 4.78 is 16.4. The van der Waals surface area contributed by atoms with E-state index in [-0.39, 0.29) is 6.04 Å². The first-order valence-corrected chi connectivity index (χ1v) is 5.89. The van der Waals surface area contributed by atoms with Crippen molar-refractivity contribution in [3.8, 4) is 0 Å². The maximum atomic E-state index is 6.06. The Morgan fingerprint density at radius 3 is 2.53 bits per heavy atom. The average Bonchev–Trinajstić information content (AvgIpc) is 2.81. The summed E-state index contributed by atoms with van der Waals surface area (Å²) in [5.74, 6) is 0.491. The Morgan fingerprint density at radius 2 is 1.87 bits per heavy atom. The standard InChI is InChI=1S/C11H21NO3/c12-11(9-1-4-14-7-9)8-15-10-2-5-13-6-3-10/h9-11H,1-8,12H2. The molecule has 2 aliphatic heterocycles. The summed E-state index contributed by atoms with van der Waals surface area (Å²) in [6.45, 7) is 3.98. The molecule has 0 aromatic heterocycles. The summed E-state index contributed by atoms with van der Waals surface area (Å²) in [5.41, 5.74) is 6.06. The number of hydrogen-bond donors (Lipinski definition) is 1. The minimum Gasteiger partial charge on any atom is -0.381 e. The third-order valence-electron chi connectivity index (χ3n) is 3.26. The molecule has 2 N–H and O–H groups in total. The van der Waals surface area contributed by atoms with Crippen LogP contribution in [0.25, 0.3) is 0 Å². The summed E-state index contributed by atoms with van der Waals surface area (Å²) in [6, 6.07) is 0.135. The van der Waals surface area contributed by atoms with E-state index in [0.717, 1.165) is 45.7 Å². The molecule has 0 radical (unpaired) electrons. The highest BCUT2D eigenvalue weighted by atomic mass is 16.5. The first-order valence-electron chi connectivity index (χ1n) is 5.89. The van der Waals surface area contributed by atoms with Gasteiger partial charge in [0.15, 0.2) is 0 Å². The first kappa shape index (κ1) is 11.3. The fourth-order valence-electron chi connectivity index (χ4n) is 2.12. The second kappa shape index (κ2) is 5.80. The molecule has 88 valence electrons. The SMILES string of the molecule is NC(COC1CCOCC1)C1CCOC1. The van der Waals surface area contributed by atoms with Crippen molar-refractivity contribution in [2.75, 3.05) is 33.0 Å². The third kappa shape index (κ3) is 3.41. The Balaban J connectivity index is 1.63. The summed E-state index contributed by atoms with van der Waals surface area (Å²) in [5, 5.41) is 0. The van der Waals surface area contributed by atoms with Crippen LogP contribution in [-0.4, -0.2) is 45.2 Å². The van der Waals surface area contributed by atoms with E-state index in [1.165, 1.54) is 0 Å². The van der Waals surface area contributed by atoms with Gasteiger partial charge in [0.25, 0.3) is 0 Å². The quantitative estimate of drug-likeness (QED) is 0.744. The smallest absolute Gasteiger partial charge is 0.0624 e. The Kier molecular flexibility index (Phi) is 4.38. The van der Waals surface area contributed by atoms with Crippen LogP contribution in [0.1, 0.15) is 19.3 Å². The zero-order valence-electron chi connectivity index (χ0n) is 9.19. The van der Waals surface area contributed by atoms with Gasteiger partial charge >= 0.3 is 0 Å². The van der Waals surface area contributed by atoms with Gasteiger partial charge in [-0.05, 0) is 19.3 Å². The van der Waals surface area contributed by atoms with Gasteiger partial charge in [0.05, 0.1) is 19.3 Å². The molecule has 2 atom stereocenters. The van der Waals surface area contributed by atoms with E-state index in [1.807, 2.05) is 0 Å². The van der Waals surface area contributed by atoms with Crippen molar-refractivity contribution in [2.24, 2.45) is 11.7 Å². The van der Waals surface area contributed by atoms with E-state index in [2.05, 4.69) is 0 Å². The van der Waals surface area contributed by atoms with Crippen molar-refractivity contribution in [2.45, 2.75) is 31.4 Å². The van der Waals surface area contributed by atoms with Crippen LogP contribution in [0.3, 0.4) is 0 Å². The highest BCUT2D eigenvalue weighted by molar-refractivity contribution is 4.76. The second-order valence-corrected chi connectivity index (χ2v) is 4.43. The van der Waals surface area contributed by atoms with Crippen LogP contribution in [-0.2, 0) is 14.2 Å². The van der Waals surface area contributed by atoms with Crippen molar-refractivity contribution in [3.05, 3.63) is 0 Å². The summed E-state index contributed by atoms with van der Waals surface area (Å²) >= 11 is 0. The molecule has 2 heterocycles. The Morgan fingerprint density at radius 1 is 1.13 bits per heavy atom. The van der Waals surface area contributed by atoms with Crippen LogP contribution >= 0.6 is 0 Å². The molecule has 4 nitrogen and oxygen atoms in total. The van der Waals surface area contributed by atoms with Crippen LogP contribution in [0.4, 0.5) is 0 Å². The lowest BCUT2D eigenvalue weighted by Gasteiger charge is -2.25. The molecule has 0 amide bonds. The van der Waals surface area contributed by atoms with Gasteiger partial charge in [-0.1, -0.05) is 0 Å². The molecule has 0 aromatic rings. The van der Waals surface area contributed by atoms with E-state index in [9.17, 15) is 0 Å². The molecule has 2 aliphatic rings. The summed E-state index contributed by atoms with van der Waals surface area (Å²) in [4.78, 5) is 0. The van der Waals surface area contributed by atoms with Crippen LogP contribution < -0.4 is 5.73 Å². The normalized spacial score (nSPS) is 30.6. The van der Waals surface area contributed by atoms with Crippen LogP contribution in [0, 0.1) is 5.92 Å². The maximum Gasteiger partial charge on any atom is 0.0624 e. The molecular weight excluding hydrogens is 194 g/mol. The molecule has 2 saturated heterocycles. The maximum absolute atomic E-state index is 6.06. The lowest BCUT2D eigenvalue weighted by atomic mass is 10.0. The first-order chi connectivity index (χ1) is 7.36. The fourth-order valence-corrected chi connectivity index (χ4v) is 2.12. The zero-order valence-corrected chi connectivity index (χ0v) is 9.19. The lowest BCUT2D eigenvalue weighted by Crippen LogP contribution is -2.37. The second-order valence-electron chi connectivity index (χ2n) is 4.43. The molecule has 0 spiro atoms.